The van der Waals surface area contributed by atoms with Gasteiger partial charge < -0.3 is 10.7 Å². The van der Waals surface area contributed by atoms with Crippen molar-refractivity contribution >= 4 is 5.82 Å². The number of nitrogens with zero attached hydrogens (tertiary/aromatic N) is 5. The van der Waals surface area contributed by atoms with Gasteiger partial charge in [-0.1, -0.05) is 0 Å². The fourth-order valence-corrected chi connectivity index (χ4v) is 4.98. The molecule has 0 radical (unpaired) electrons. The van der Waals surface area contributed by atoms with Crippen LogP contribution in [0.1, 0.15) is 41.3 Å². The summed E-state index contributed by atoms with van der Waals surface area (Å²) in [6.45, 7) is 7.38. The first-order chi connectivity index (χ1) is 14.6. The SMILES string of the molecule is Cc1nc(CN2CCC3(CCn4nc(-c5cnc(N)c(C(F)(F)F)c5)cc43)C2)c(C)[nH]1. The molecule has 1 atom stereocenters. The second kappa shape index (κ2) is 6.81. The van der Waals surface area contributed by atoms with Crippen molar-refractivity contribution in [2.75, 3.05) is 18.8 Å². The van der Waals surface area contributed by atoms with E-state index in [0.717, 1.165) is 68.0 Å². The van der Waals surface area contributed by atoms with Crippen molar-refractivity contribution in [3.8, 4) is 11.3 Å². The highest BCUT2D eigenvalue weighted by atomic mass is 19.4. The van der Waals surface area contributed by atoms with Gasteiger partial charge in [0.2, 0.25) is 0 Å². The number of alkyl halides is 3. The maximum absolute atomic E-state index is 13.2. The van der Waals surface area contributed by atoms with Gasteiger partial charge >= 0.3 is 6.18 Å². The molecule has 0 aliphatic carbocycles. The monoisotopic (exact) mass is 431 g/mol. The van der Waals surface area contributed by atoms with Crippen LogP contribution in [0.4, 0.5) is 19.0 Å². The molecule has 1 spiro atoms. The molecule has 31 heavy (non-hydrogen) atoms. The molecule has 3 aromatic rings. The van der Waals surface area contributed by atoms with Crippen LogP contribution in [0.2, 0.25) is 0 Å². The number of fused-ring (bicyclic) bond motifs is 2. The van der Waals surface area contributed by atoms with Crippen LogP contribution in [0, 0.1) is 13.8 Å². The summed E-state index contributed by atoms with van der Waals surface area (Å²) >= 11 is 0. The van der Waals surface area contributed by atoms with Crippen LogP contribution in [0.3, 0.4) is 0 Å². The number of pyridine rings is 1. The second-order valence-corrected chi connectivity index (χ2v) is 8.68. The molecule has 1 fully saturated rings. The van der Waals surface area contributed by atoms with Crippen LogP contribution in [-0.2, 0) is 24.7 Å². The molecule has 2 aliphatic heterocycles. The predicted molar refractivity (Wildman–Crippen MR) is 109 cm³/mol. The molecule has 0 bridgehead atoms. The fourth-order valence-electron chi connectivity index (χ4n) is 4.98. The number of halogens is 3. The third kappa shape index (κ3) is 3.38. The first-order valence-corrected chi connectivity index (χ1v) is 10.3. The molecule has 0 aromatic carbocycles. The maximum atomic E-state index is 13.2. The number of nitrogens with one attached hydrogen (secondary N) is 1. The average molecular weight is 431 g/mol. The minimum absolute atomic E-state index is 0.0292. The van der Waals surface area contributed by atoms with Gasteiger partial charge in [-0.05, 0) is 45.4 Å². The Labute approximate surface area is 177 Å². The number of aromatic amines is 1. The Morgan fingerprint density at radius 3 is 2.68 bits per heavy atom. The Hall–Kier alpha value is -2.88. The number of H-pyrrole nitrogens is 1. The summed E-state index contributed by atoms with van der Waals surface area (Å²) in [6.07, 6.45) is -1.21. The number of nitrogen functional groups attached to an aromatic ring is 1. The largest absolute Gasteiger partial charge is 0.419 e. The van der Waals surface area contributed by atoms with Gasteiger partial charge in [-0.2, -0.15) is 18.3 Å². The molecule has 5 heterocycles. The van der Waals surface area contributed by atoms with E-state index in [1.165, 1.54) is 6.20 Å². The Balaban J connectivity index is 1.41. The fraction of sp³-hybridized carbons (Fsp3) is 0.476. The number of aryl methyl sites for hydroxylation is 3. The Kier molecular flexibility index (Phi) is 4.40. The van der Waals surface area contributed by atoms with Gasteiger partial charge in [0.1, 0.15) is 11.6 Å². The molecular formula is C21H24F3N7. The molecule has 10 heteroatoms. The van der Waals surface area contributed by atoms with Gasteiger partial charge in [0.15, 0.2) is 0 Å². The normalized spacial score (nSPS) is 21.3. The van der Waals surface area contributed by atoms with Gasteiger partial charge in [0.05, 0.1) is 17.0 Å². The van der Waals surface area contributed by atoms with E-state index >= 15 is 0 Å². The molecule has 5 rings (SSSR count). The molecule has 2 aliphatic rings. The minimum atomic E-state index is -4.55. The molecule has 7 nitrogen and oxygen atoms in total. The average Bonchev–Trinajstić information content (AvgIpc) is 3.43. The first-order valence-electron chi connectivity index (χ1n) is 10.3. The van der Waals surface area contributed by atoms with Gasteiger partial charge in [-0.3, -0.25) is 9.58 Å². The van der Waals surface area contributed by atoms with Crippen molar-refractivity contribution in [1.29, 1.82) is 0 Å². The van der Waals surface area contributed by atoms with Crippen LogP contribution in [0.15, 0.2) is 18.3 Å². The predicted octanol–water partition coefficient (Wildman–Crippen LogP) is 3.43. The van der Waals surface area contributed by atoms with E-state index in [1.807, 2.05) is 24.6 Å². The number of imidazole rings is 1. The second-order valence-electron chi connectivity index (χ2n) is 8.68. The minimum Gasteiger partial charge on any atom is -0.383 e. The highest BCUT2D eigenvalue weighted by Gasteiger charge is 2.46. The number of hydrogen-bond acceptors (Lipinski definition) is 5. The summed E-state index contributed by atoms with van der Waals surface area (Å²) in [4.78, 5) is 14.0. The smallest absolute Gasteiger partial charge is 0.383 e. The number of likely N-dealkylation sites (tertiary alicyclic amines) is 1. The van der Waals surface area contributed by atoms with Gasteiger partial charge in [-0.25, -0.2) is 9.97 Å². The van der Waals surface area contributed by atoms with E-state index < -0.39 is 17.6 Å². The van der Waals surface area contributed by atoms with Crippen LogP contribution >= 0.6 is 0 Å². The Morgan fingerprint density at radius 1 is 1.19 bits per heavy atom. The van der Waals surface area contributed by atoms with Crippen LogP contribution in [0.25, 0.3) is 11.3 Å². The summed E-state index contributed by atoms with van der Waals surface area (Å²) in [7, 11) is 0. The van der Waals surface area contributed by atoms with Gasteiger partial charge in [0.25, 0.3) is 0 Å². The highest BCUT2D eigenvalue weighted by molar-refractivity contribution is 5.63. The van der Waals surface area contributed by atoms with Gasteiger partial charge in [0, 0.05) is 48.2 Å². The topological polar surface area (TPSA) is 88.7 Å². The summed E-state index contributed by atoms with van der Waals surface area (Å²) in [5.74, 6) is 0.398. The zero-order valence-electron chi connectivity index (χ0n) is 17.4. The lowest BCUT2D eigenvalue weighted by Gasteiger charge is -2.23. The summed E-state index contributed by atoms with van der Waals surface area (Å²) in [5.41, 5.74) is 8.56. The summed E-state index contributed by atoms with van der Waals surface area (Å²) in [5, 5.41) is 4.59. The molecule has 0 amide bonds. The Bertz CT molecular complexity index is 1150. The number of rotatable bonds is 3. The van der Waals surface area contributed by atoms with E-state index in [-0.39, 0.29) is 5.41 Å². The van der Waals surface area contributed by atoms with E-state index in [4.69, 9.17) is 5.73 Å². The standard InChI is InChI=1S/C21H24F3N7/c1-12-17(28-13(2)27-12)10-30-5-3-20(11-30)4-6-31-18(20)8-16(29-31)14-7-15(21(22,23)24)19(25)26-9-14/h7-9H,3-6,10-11H2,1-2H3,(H2,25,26)(H,27,28). The highest BCUT2D eigenvalue weighted by Crippen LogP contribution is 2.44. The van der Waals surface area contributed by atoms with E-state index in [9.17, 15) is 13.2 Å². The number of anilines is 1. The van der Waals surface area contributed by atoms with E-state index in [0.29, 0.717) is 11.3 Å². The summed E-state index contributed by atoms with van der Waals surface area (Å²) < 4.78 is 41.7. The number of aromatic nitrogens is 5. The zero-order valence-corrected chi connectivity index (χ0v) is 17.4. The van der Waals surface area contributed by atoms with E-state index in [2.05, 4.69) is 25.0 Å². The van der Waals surface area contributed by atoms with Crippen molar-refractivity contribution in [2.45, 2.75) is 51.4 Å². The third-order valence-corrected chi connectivity index (χ3v) is 6.56. The number of hydrogen-bond donors (Lipinski definition) is 2. The maximum Gasteiger partial charge on any atom is 0.419 e. The molecule has 164 valence electrons. The molecule has 3 N–H and O–H groups in total. The molecule has 3 aromatic heterocycles. The van der Waals surface area contributed by atoms with Gasteiger partial charge in [-0.15, -0.1) is 0 Å². The van der Waals surface area contributed by atoms with Crippen molar-refractivity contribution in [1.82, 2.24) is 29.6 Å². The zero-order chi connectivity index (χ0) is 22.0. The molecule has 1 saturated heterocycles. The first kappa shape index (κ1) is 20.0. The molecule has 1 unspecified atom stereocenters. The summed E-state index contributed by atoms with van der Waals surface area (Å²) in [6, 6.07) is 2.96. The lowest BCUT2D eigenvalue weighted by Crippen LogP contribution is -2.29. The quantitative estimate of drug-likeness (QED) is 0.663. The lowest BCUT2D eigenvalue weighted by atomic mass is 9.82. The molecular weight excluding hydrogens is 407 g/mol. The van der Waals surface area contributed by atoms with E-state index in [1.54, 1.807) is 0 Å². The van der Waals surface area contributed by atoms with Crippen LogP contribution < -0.4 is 5.73 Å². The molecule has 0 saturated carbocycles. The van der Waals surface area contributed by atoms with Crippen molar-refractivity contribution in [2.24, 2.45) is 0 Å². The Morgan fingerprint density at radius 2 is 1.97 bits per heavy atom. The van der Waals surface area contributed by atoms with Crippen molar-refractivity contribution in [3.63, 3.8) is 0 Å². The van der Waals surface area contributed by atoms with Crippen LogP contribution in [-0.4, -0.2) is 42.7 Å². The van der Waals surface area contributed by atoms with Crippen molar-refractivity contribution < 1.29 is 13.2 Å². The van der Waals surface area contributed by atoms with Crippen LogP contribution in [0.5, 0.6) is 0 Å². The third-order valence-electron chi connectivity index (χ3n) is 6.56. The lowest BCUT2D eigenvalue weighted by molar-refractivity contribution is -0.137. The number of nitrogens with two attached hydrogens (primary N) is 1. The van der Waals surface area contributed by atoms with Crippen molar-refractivity contribution in [3.05, 3.63) is 46.8 Å².